The van der Waals surface area contributed by atoms with Crippen molar-refractivity contribution in [2.24, 2.45) is 0 Å². The van der Waals surface area contributed by atoms with E-state index in [1.807, 2.05) is 0 Å². The number of hydrogen-bond donors (Lipinski definition) is 1. The summed E-state index contributed by atoms with van der Waals surface area (Å²) in [5.41, 5.74) is 0. The minimum atomic E-state index is -0.296. The highest BCUT2D eigenvalue weighted by Crippen LogP contribution is 2.22. The fraction of sp³-hybridized carbons (Fsp3) is 0.333. The average Bonchev–Trinajstić information content (AvgIpc) is 3.04. The van der Waals surface area contributed by atoms with Crippen molar-refractivity contribution in [1.29, 1.82) is 0 Å². The van der Waals surface area contributed by atoms with Crippen LogP contribution in [-0.2, 0) is 4.79 Å². The molecule has 1 aromatic carbocycles. The van der Waals surface area contributed by atoms with Crippen molar-refractivity contribution in [3.63, 3.8) is 0 Å². The van der Waals surface area contributed by atoms with Gasteiger partial charge in [0.1, 0.15) is 11.6 Å². The number of carbonyl (C=O) groups excluding carboxylic acids is 2. The number of nitrogens with one attached hydrogen (secondary N) is 1. The van der Waals surface area contributed by atoms with E-state index in [1.54, 1.807) is 24.3 Å². The molecule has 25 heavy (non-hydrogen) atoms. The van der Waals surface area contributed by atoms with Gasteiger partial charge in [0.15, 0.2) is 5.78 Å². The largest absolute Gasteiger partial charge is 0.494 e. The molecule has 2 aromatic rings. The molecule has 1 N–H and O–H groups in total. The first-order valence-corrected chi connectivity index (χ1v) is 9.17. The summed E-state index contributed by atoms with van der Waals surface area (Å²) in [6.45, 7) is 1.03. The quantitative estimate of drug-likeness (QED) is 0.486. The third kappa shape index (κ3) is 7.23. The molecule has 4 nitrogen and oxygen atoms in total. The SMILES string of the molecule is O=C(CCC(=O)c1ccc(Cl)s1)NCCCCOc1ccc(F)cc1. The van der Waals surface area contributed by atoms with Gasteiger partial charge in [0, 0.05) is 19.4 Å². The monoisotopic (exact) mass is 383 g/mol. The maximum Gasteiger partial charge on any atom is 0.220 e. The van der Waals surface area contributed by atoms with E-state index >= 15 is 0 Å². The van der Waals surface area contributed by atoms with Crippen molar-refractivity contribution < 1.29 is 18.7 Å². The number of carbonyl (C=O) groups is 2. The van der Waals surface area contributed by atoms with Gasteiger partial charge in [0.25, 0.3) is 0 Å². The third-order valence-corrected chi connectivity index (χ3v) is 4.67. The molecule has 0 aliphatic heterocycles. The Morgan fingerprint density at radius 2 is 1.84 bits per heavy atom. The lowest BCUT2D eigenvalue weighted by atomic mass is 10.2. The van der Waals surface area contributed by atoms with Crippen LogP contribution in [0.15, 0.2) is 36.4 Å². The fourth-order valence-corrected chi connectivity index (χ4v) is 3.09. The summed E-state index contributed by atoms with van der Waals surface area (Å²) in [7, 11) is 0. The van der Waals surface area contributed by atoms with E-state index in [1.165, 1.54) is 23.5 Å². The molecule has 7 heteroatoms. The Labute approximate surface area is 155 Å². The van der Waals surface area contributed by atoms with Gasteiger partial charge >= 0.3 is 0 Å². The Kier molecular flexibility index (Phi) is 7.88. The van der Waals surface area contributed by atoms with E-state index in [2.05, 4.69) is 5.32 Å². The van der Waals surface area contributed by atoms with Gasteiger partial charge in [-0.3, -0.25) is 9.59 Å². The summed E-state index contributed by atoms with van der Waals surface area (Å²) in [5.74, 6) is 0.114. The molecule has 0 saturated carbocycles. The van der Waals surface area contributed by atoms with Gasteiger partial charge in [-0.1, -0.05) is 11.6 Å². The molecule has 0 atom stereocenters. The summed E-state index contributed by atoms with van der Waals surface area (Å²) in [6, 6.07) is 9.20. The number of benzene rings is 1. The van der Waals surface area contributed by atoms with Crippen LogP contribution in [0.25, 0.3) is 0 Å². The Morgan fingerprint density at radius 3 is 2.52 bits per heavy atom. The van der Waals surface area contributed by atoms with Crippen molar-refractivity contribution in [1.82, 2.24) is 5.32 Å². The molecule has 2 rings (SSSR count). The van der Waals surface area contributed by atoms with Crippen molar-refractivity contribution in [3.8, 4) is 5.75 Å². The Morgan fingerprint density at radius 1 is 1.08 bits per heavy atom. The lowest BCUT2D eigenvalue weighted by Crippen LogP contribution is -2.25. The summed E-state index contributed by atoms with van der Waals surface area (Å²) in [5, 5.41) is 2.78. The number of halogens is 2. The van der Waals surface area contributed by atoms with Crippen molar-refractivity contribution >= 4 is 34.6 Å². The van der Waals surface area contributed by atoms with E-state index < -0.39 is 0 Å². The second-order valence-corrected chi connectivity index (χ2v) is 7.10. The van der Waals surface area contributed by atoms with Gasteiger partial charge in [-0.25, -0.2) is 4.39 Å². The Balaban J connectivity index is 1.52. The molecule has 0 spiro atoms. The zero-order valence-electron chi connectivity index (χ0n) is 13.6. The molecule has 0 radical (unpaired) electrons. The first kappa shape index (κ1) is 19.4. The molecule has 1 aromatic heterocycles. The van der Waals surface area contributed by atoms with Crippen LogP contribution in [0.4, 0.5) is 4.39 Å². The zero-order chi connectivity index (χ0) is 18.1. The lowest BCUT2D eigenvalue weighted by molar-refractivity contribution is -0.121. The van der Waals surface area contributed by atoms with Gasteiger partial charge in [0.05, 0.1) is 15.8 Å². The van der Waals surface area contributed by atoms with Crippen LogP contribution >= 0.6 is 22.9 Å². The predicted octanol–water partition coefficient (Wildman–Crippen LogP) is 4.48. The van der Waals surface area contributed by atoms with Crippen LogP contribution in [0.1, 0.15) is 35.4 Å². The molecular weight excluding hydrogens is 365 g/mol. The van der Waals surface area contributed by atoms with Crippen LogP contribution in [0.5, 0.6) is 5.75 Å². The van der Waals surface area contributed by atoms with Gasteiger partial charge in [0.2, 0.25) is 5.91 Å². The molecule has 0 bridgehead atoms. The third-order valence-electron chi connectivity index (χ3n) is 3.40. The van der Waals surface area contributed by atoms with E-state index in [0.717, 1.165) is 12.8 Å². The summed E-state index contributed by atoms with van der Waals surface area (Å²) >= 11 is 7.01. The van der Waals surface area contributed by atoms with E-state index in [-0.39, 0.29) is 30.3 Å². The van der Waals surface area contributed by atoms with Crippen molar-refractivity contribution in [2.45, 2.75) is 25.7 Å². The molecule has 0 fully saturated rings. The molecule has 0 aliphatic carbocycles. The molecule has 0 unspecified atom stereocenters. The maximum atomic E-state index is 12.7. The topological polar surface area (TPSA) is 55.4 Å². The van der Waals surface area contributed by atoms with Crippen LogP contribution < -0.4 is 10.1 Å². The van der Waals surface area contributed by atoms with Gasteiger partial charge in [-0.05, 0) is 49.2 Å². The highest BCUT2D eigenvalue weighted by atomic mass is 35.5. The average molecular weight is 384 g/mol. The Bertz CT molecular complexity index is 703. The number of hydrogen-bond acceptors (Lipinski definition) is 4. The highest BCUT2D eigenvalue weighted by Gasteiger charge is 2.11. The molecule has 0 saturated heterocycles. The standard InChI is InChI=1S/C18H19ClFNO3S/c19-17-9-8-16(25-17)15(22)7-10-18(23)21-11-1-2-12-24-14-5-3-13(20)4-6-14/h3-6,8-9H,1-2,7,10-12H2,(H,21,23). The summed E-state index contributed by atoms with van der Waals surface area (Å²) in [4.78, 5) is 24.2. The minimum absolute atomic E-state index is 0.0697. The van der Waals surface area contributed by atoms with Crippen LogP contribution in [-0.4, -0.2) is 24.8 Å². The fourth-order valence-electron chi connectivity index (χ4n) is 2.08. The number of amides is 1. The summed E-state index contributed by atoms with van der Waals surface area (Å²) < 4.78 is 18.8. The lowest BCUT2D eigenvalue weighted by Gasteiger charge is -2.07. The minimum Gasteiger partial charge on any atom is -0.494 e. The van der Waals surface area contributed by atoms with Crippen molar-refractivity contribution in [3.05, 3.63) is 51.4 Å². The molecule has 1 amide bonds. The van der Waals surface area contributed by atoms with E-state index in [0.29, 0.717) is 28.1 Å². The van der Waals surface area contributed by atoms with E-state index in [4.69, 9.17) is 16.3 Å². The molecule has 134 valence electrons. The maximum absolute atomic E-state index is 12.7. The normalized spacial score (nSPS) is 10.5. The van der Waals surface area contributed by atoms with Crippen LogP contribution in [0, 0.1) is 5.82 Å². The second-order valence-electron chi connectivity index (χ2n) is 5.39. The van der Waals surface area contributed by atoms with Crippen LogP contribution in [0.2, 0.25) is 4.34 Å². The predicted molar refractivity (Wildman–Crippen MR) is 97.0 cm³/mol. The smallest absolute Gasteiger partial charge is 0.220 e. The van der Waals surface area contributed by atoms with Gasteiger partial charge < -0.3 is 10.1 Å². The van der Waals surface area contributed by atoms with Crippen LogP contribution in [0.3, 0.4) is 0 Å². The molecular formula is C18H19ClFNO3S. The van der Waals surface area contributed by atoms with E-state index in [9.17, 15) is 14.0 Å². The number of ketones is 1. The number of unbranched alkanes of at least 4 members (excludes halogenated alkanes) is 1. The second kappa shape index (κ2) is 10.2. The number of thiophene rings is 1. The van der Waals surface area contributed by atoms with Crippen molar-refractivity contribution in [2.75, 3.05) is 13.2 Å². The molecule has 1 heterocycles. The first-order valence-electron chi connectivity index (χ1n) is 7.98. The zero-order valence-corrected chi connectivity index (χ0v) is 15.2. The number of ether oxygens (including phenoxy) is 1. The first-order chi connectivity index (χ1) is 12.0. The number of rotatable bonds is 10. The molecule has 0 aliphatic rings. The highest BCUT2D eigenvalue weighted by molar-refractivity contribution is 7.18. The van der Waals surface area contributed by atoms with Gasteiger partial charge in [-0.2, -0.15) is 0 Å². The Hall–Kier alpha value is -1.92. The number of Topliss-reactive ketones (excluding diaryl/α,β-unsaturated/α-hetero) is 1. The van der Waals surface area contributed by atoms with Gasteiger partial charge in [-0.15, -0.1) is 11.3 Å². The summed E-state index contributed by atoms with van der Waals surface area (Å²) in [6.07, 6.45) is 1.88.